The fourth-order valence-corrected chi connectivity index (χ4v) is 2.58. The average Bonchev–Trinajstić information content (AvgIpc) is 2.27. The maximum absolute atomic E-state index is 9.85. The van der Waals surface area contributed by atoms with E-state index in [0.717, 1.165) is 29.4 Å². The molecule has 1 saturated carbocycles. The zero-order valence-electron chi connectivity index (χ0n) is 8.92. The summed E-state index contributed by atoms with van der Waals surface area (Å²) in [5, 5.41) is 13.9. The molecule has 1 fully saturated rings. The van der Waals surface area contributed by atoms with Crippen molar-refractivity contribution in [1.29, 1.82) is 0 Å². The third-order valence-electron chi connectivity index (χ3n) is 3.00. The number of anilines is 1. The molecule has 1 aromatic rings. The standard InChI is InChI=1S/C12H15BrClNO/c13-9-7-8(5-6-10(9)14)15-11-3-1-2-4-12(11)16/h5-7,11-12,15-16H,1-4H2/t11-,12-/m1/s1. The van der Waals surface area contributed by atoms with Crippen molar-refractivity contribution in [3.8, 4) is 0 Å². The van der Waals surface area contributed by atoms with Gasteiger partial charge in [0, 0.05) is 10.2 Å². The van der Waals surface area contributed by atoms with Gasteiger partial charge >= 0.3 is 0 Å². The quantitative estimate of drug-likeness (QED) is 0.870. The van der Waals surface area contributed by atoms with Crippen molar-refractivity contribution in [3.05, 3.63) is 27.7 Å². The molecule has 2 N–H and O–H groups in total. The summed E-state index contributed by atoms with van der Waals surface area (Å²) in [6.07, 6.45) is 4.00. The van der Waals surface area contributed by atoms with Gasteiger partial charge in [0.15, 0.2) is 0 Å². The number of hydrogen-bond donors (Lipinski definition) is 2. The lowest BCUT2D eigenvalue weighted by atomic mass is 9.92. The summed E-state index contributed by atoms with van der Waals surface area (Å²) in [5.74, 6) is 0. The van der Waals surface area contributed by atoms with Gasteiger partial charge in [-0.15, -0.1) is 0 Å². The largest absolute Gasteiger partial charge is 0.391 e. The molecule has 16 heavy (non-hydrogen) atoms. The molecule has 0 amide bonds. The van der Waals surface area contributed by atoms with E-state index in [4.69, 9.17) is 11.6 Å². The van der Waals surface area contributed by atoms with Crippen LogP contribution in [0.2, 0.25) is 5.02 Å². The first kappa shape index (κ1) is 12.2. The molecule has 2 rings (SSSR count). The number of aliphatic hydroxyl groups excluding tert-OH is 1. The summed E-state index contributed by atoms with van der Waals surface area (Å²) < 4.78 is 0.879. The minimum Gasteiger partial charge on any atom is -0.391 e. The summed E-state index contributed by atoms with van der Waals surface area (Å²) in [5.41, 5.74) is 1.00. The smallest absolute Gasteiger partial charge is 0.0741 e. The SMILES string of the molecule is O[C@@H]1CCCC[C@H]1Nc1ccc(Cl)c(Br)c1. The molecule has 2 nitrogen and oxygen atoms in total. The molecule has 1 aromatic carbocycles. The van der Waals surface area contributed by atoms with Crippen molar-refractivity contribution in [2.75, 3.05) is 5.32 Å². The minimum atomic E-state index is -0.233. The van der Waals surface area contributed by atoms with Gasteiger partial charge in [-0.05, 0) is 47.0 Å². The van der Waals surface area contributed by atoms with Gasteiger partial charge in [0.25, 0.3) is 0 Å². The molecule has 0 heterocycles. The number of nitrogens with one attached hydrogen (secondary N) is 1. The van der Waals surface area contributed by atoms with E-state index in [2.05, 4.69) is 21.2 Å². The number of halogens is 2. The van der Waals surface area contributed by atoms with Crippen LogP contribution >= 0.6 is 27.5 Å². The summed E-state index contributed by atoms with van der Waals surface area (Å²) in [6.45, 7) is 0. The van der Waals surface area contributed by atoms with Gasteiger partial charge in [-0.1, -0.05) is 24.4 Å². The molecule has 0 aromatic heterocycles. The molecular weight excluding hydrogens is 289 g/mol. The molecular formula is C12H15BrClNO. The zero-order chi connectivity index (χ0) is 11.5. The monoisotopic (exact) mass is 303 g/mol. The normalized spacial score (nSPS) is 25.4. The first-order valence-electron chi connectivity index (χ1n) is 5.56. The van der Waals surface area contributed by atoms with Crippen LogP contribution in [0.25, 0.3) is 0 Å². The molecule has 1 aliphatic rings. The van der Waals surface area contributed by atoms with Gasteiger partial charge in [0.1, 0.15) is 0 Å². The van der Waals surface area contributed by atoms with Crippen molar-refractivity contribution in [1.82, 2.24) is 0 Å². The summed E-state index contributed by atoms with van der Waals surface area (Å²) >= 11 is 9.32. The lowest BCUT2D eigenvalue weighted by Gasteiger charge is -2.29. The Balaban J connectivity index is 2.05. The number of rotatable bonds is 2. The predicted molar refractivity (Wildman–Crippen MR) is 71.0 cm³/mol. The zero-order valence-corrected chi connectivity index (χ0v) is 11.3. The first-order valence-corrected chi connectivity index (χ1v) is 6.73. The third-order valence-corrected chi connectivity index (χ3v) is 4.22. The van der Waals surface area contributed by atoms with E-state index < -0.39 is 0 Å². The molecule has 4 heteroatoms. The lowest BCUT2D eigenvalue weighted by molar-refractivity contribution is 0.116. The average molecular weight is 305 g/mol. The van der Waals surface area contributed by atoms with Gasteiger partial charge < -0.3 is 10.4 Å². The molecule has 0 saturated heterocycles. The van der Waals surface area contributed by atoms with Crippen LogP contribution in [0.4, 0.5) is 5.69 Å². The Labute approximate surface area is 109 Å². The lowest BCUT2D eigenvalue weighted by Crippen LogP contribution is -2.36. The van der Waals surface area contributed by atoms with Crippen molar-refractivity contribution >= 4 is 33.2 Å². The summed E-state index contributed by atoms with van der Waals surface area (Å²) in [7, 11) is 0. The van der Waals surface area contributed by atoms with Crippen molar-refractivity contribution in [3.63, 3.8) is 0 Å². The van der Waals surface area contributed by atoms with Crippen LogP contribution in [0.15, 0.2) is 22.7 Å². The van der Waals surface area contributed by atoms with E-state index in [-0.39, 0.29) is 12.1 Å². The van der Waals surface area contributed by atoms with E-state index in [0.29, 0.717) is 5.02 Å². The highest BCUT2D eigenvalue weighted by atomic mass is 79.9. The summed E-state index contributed by atoms with van der Waals surface area (Å²) in [6, 6.07) is 5.91. The van der Waals surface area contributed by atoms with E-state index in [9.17, 15) is 5.11 Å². The van der Waals surface area contributed by atoms with E-state index in [1.807, 2.05) is 18.2 Å². The van der Waals surface area contributed by atoms with Gasteiger partial charge in [0.2, 0.25) is 0 Å². The van der Waals surface area contributed by atoms with Gasteiger partial charge in [-0.3, -0.25) is 0 Å². The number of hydrogen-bond acceptors (Lipinski definition) is 2. The Hall–Kier alpha value is -0.250. The molecule has 0 bridgehead atoms. The maximum Gasteiger partial charge on any atom is 0.0741 e. The van der Waals surface area contributed by atoms with Gasteiger partial charge in [0.05, 0.1) is 17.2 Å². The second-order valence-corrected chi connectivity index (χ2v) is 5.49. The predicted octanol–water partition coefficient (Wildman–Crippen LogP) is 3.82. The van der Waals surface area contributed by atoms with Crippen molar-refractivity contribution in [2.45, 2.75) is 37.8 Å². The Morgan fingerprint density at radius 2 is 2.06 bits per heavy atom. The van der Waals surface area contributed by atoms with Crippen LogP contribution in [-0.2, 0) is 0 Å². The summed E-state index contributed by atoms with van der Waals surface area (Å²) in [4.78, 5) is 0. The first-order chi connectivity index (χ1) is 7.66. The van der Waals surface area contributed by atoms with Gasteiger partial charge in [-0.2, -0.15) is 0 Å². The van der Waals surface area contributed by atoms with Crippen LogP contribution in [0.3, 0.4) is 0 Å². The second-order valence-electron chi connectivity index (χ2n) is 4.23. The Morgan fingerprint density at radius 3 is 2.75 bits per heavy atom. The maximum atomic E-state index is 9.85. The van der Waals surface area contributed by atoms with Crippen LogP contribution < -0.4 is 5.32 Å². The topological polar surface area (TPSA) is 32.3 Å². The fourth-order valence-electron chi connectivity index (χ4n) is 2.08. The van der Waals surface area contributed by atoms with Crippen LogP contribution in [0.5, 0.6) is 0 Å². The fraction of sp³-hybridized carbons (Fsp3) is 0.500. The highest BCUT2D eigenvalue weighted by Gasteiger charge is 2.22. The van der Waals surface area contributed by atoms with Crippen LogP contribution in [0, 0.1) is 0 Å². The van der Waals surface area contributed by atoms with E-state index >= 15 is 0 Å². The molecule has 2 atom stereocenters. The molecule has 0 unspecified atom stereocenters. The number of aliphatic hydroxyl groups is 1. The Morgan fingerprint density at radius 1 is 1.31 bits per heavy atom. The van der Waals surface area contributed by atoms with E-state index in [1.54, 1.807) is 0 Å². The molecule has 0 spiro atoms. The minimum absolute atomic E-state index is 0.168. The van der Waals surface area contributed by atoms with Crippen LogP contribution in [-0.4, -0.2) is 17.3 Å². The van der Waals surface area contributed by atoms with Gasteiger partial charge in [-0.25, -0.2) is 0 Å². The Bertz CT molecular complexity index is 372. The molecule has 1 aliphatic carbocycles. The van der Waals surface area contributed by atoms with E-state index in [1.165, 1.54) is 6.42 Å². The molecule has 0 aliphatic heterocycles. The van der Waals surface area contributed by atoms with Crippen LogP contribution in [0.1, 0.15) is 25.7 Å². The molecule has 88 valence electrons. The molecule has 0 radical (unpaired) electrons. The van der Waals surface area contributed by atoms with Crippen molar-refractivity contribution in [2.24, 2.45) is 0 Å². The highest BCUT2D eigenvalue weighted by molar-refractivity contribution is 9.10. The van der Waals surface area contributed by atoms with Crippen molar-refractivity contribution < 1.29 is 5.11 Å². The highest BCUT2D eigenvalue weighted by Crippen LogP contribution is 2.28. The number of benzene rings is 1. The Kier molecular flexibility index (Phi) is 4.11. The third kappa shape index (κ3) is 2.90. The second kappa shape index (κ2) is 5.39.